The van der Waals surface area contributed by atoms with Gasteiger partial charge in [-0.15, -0.1) is 10.8 Å². The van der Waals surface area contributed by atoms with E-state index in [9.17, 15) is 32.6 Å². The van der Waals surface area contributed by atoms with E-state index in [1.165, 1.54) is 30.3 Å². The molecule has 3 saturated heterocycles. The highest BCUT2D eigenvalue weighted by atomic mass is 32.3. The number of anilines is 1. The first-order chi connectivity index (χ1) is 21.8. The Morgan fingerprint density at radius 2 is 1.78 bits per heavy atom. The number of benzene rings is 2. The zero-order chi connectivity index (χ0) is 33.2. The van der Waals surface area contributed by atoms with Gasteiger partial charge in [0.15, 0.2) is 11.6 Å². The molecule has 3 fully saturated rings. The summed E-state index contributed by atoms with van der Waals surface area (Å²) >= 11 is 0. The quantitative estimate of drug-likeness (QED) is 0.200. The highest BCUT2D eigenvalue weighted by molar-refractivity contribution is 8.22. The molecular weight excluding hydrogens is 625 g/mol. The van der Waals surface area contributed by atoms with Crippen molar-refractivity contribution in [1.82, 2.24) is 14.9 Å². The lowest BCUT2D eigenvalue weighted by Crippen LogP contribution is -2.55. The number of halogens is 3. The number of carbonyl (C=O) groups excluding carboxylic acids is 1. The van der Waals surface area contributed by atoms with Crippen molar-refractivity contribution in [3.63, 3.8) is 0 Å². The van der Waals surface area contributed by atoms with E-state index in [1.54, 1.807) is 4.31 Å². The Hall–Kier alpha value is -2.88. The summed E-state index contributed by atoms with van der Waals surface area (Å²) in [7, 11) is -3.01. The predicted molar refractivity (Wildman–Crippen MR) is 169 cm³/mol. The van der Waals surface area contributed by atoms with Gasteiger partial charge >= 0.3 is 6.09 Å². The molecule has 2 unspecified atom stereocenters. The Kier molecular flexibility index (Phi) is 10.8. The normalized spacial score (nSPS) is 29.5. The van der Waals surface area contributed by atoms with Crippen molar-refractivity contribution < 1.29 is 41.7 Å². The Bertz CT molecular complexity index is 1390. The predicted octanol–water partition coefficient (Wildman–Crippen LogP) is 5.70. The molecule has 0 saturated carbocycles. The minimum absolute atomic E-state index is 0.0169. The zero-order valence-corrected chi connectivity index (χ0v) is 26.7. The molecule has 0 aromatic heterocycles. The molecule has 0 radical (unpaired) electrons. The summed E-state index contributed by atoms with van der Waals surface area (Å²) in [6.07, 6.45) is 0.912. The molecule has 2 bridgehead atoms. The summed E-state index contributed by atoms with van der Waals surface area (Å²) in [5.41, 5.74) is 0.422. The first-order valence-electron chi connectivity index (χ1n) is 15.8. The first kappa shape index (κ1) is 34.5. The van der Waals surface area contributed by atoms with Crippen molar-refractivity contribution in [3.8, 4) is 0 Å². The van der Waals surface area contributed by atoms with Crippen LogP contribution >= 0.6 is 10.8 Å². The van der Waals surface area contributed by atoms with E-state index >= 15 is 4.39 Å². The number of hydrogen-bond acceptors (Lipinski definition) is 7. The van der Waals surface area contributed by atoms with Gasteiger partial charge in [-0.25, -0.2) is 22.3 Å². The van der Waals surface area contributed by atoms with E-state index in [-0.39, 0.29) is 60.1 Å². The fraction of sp³-hybridized carbons (Fsp3) is 0.562. The van der Waals surface area contributed by atoms with Crippen LogP contribution in [0.5, 0.6) is 0 Å². The summed E-state index contributed by atoms with van der Waals surface area (Å²) < 4.78 is 73.0. The van der Waals surface area contributed by atoms with Crippen LogP contribution < -0.4 is 16.0 Å². The van der Waals surface area contributed by atoms with Crippen molar-refractivity contribution in [1.29, 1.82) is 0 Å². The molecule has 2 aromatic carbocycles. The summed E-state index contributed by atoms with van der Waals surface area (Å²) in [5, 5.41) is 18.2. The number of nitrogens with one attached hydrogen (secondary N) is 3. The Morgan fingerprint density at radius 3 is 2.46 bits per heavy atom. The maximum atomic E-state index is 15.4. The maximum absolute atomic E-state index is 15.4. The van der Waals surface area contributed by atoms with Crippen LogP contribution in [0.3, 0.4) is 0 Å². The number of hydrogen-bond donors (Lipinski definition) is 6. The average molecular weight is 669 g/mol. The fourth-order valence-corrected chi connectivity index (χ4v) is 9.24. The van der Waals surface area contributed by atoms with Gasteiger partial charge in [0, 0.05) is 42.3 Å². The lowest BCUT2D eigenvalue weighted by Gasteiger charge is -2.49. The van der Waals surface area contributed by atoms with E-state index in [0.717, 1.165) is 12.5 Å². The van der Waals surface area contributed by atoms with Gasteiger partial charge in [0.05, 0.1) is 18.0 Å². The monoisotopic (exact) mass is 668 g/mol. The van der Waals surface area contributed by atoms with Crippen molar-refractivity contribution in [2.45, 2.75) is 88.6 Å². The Balaban J connectivity index is 1.43. The molecule has 10 nitrogen and oxygen atoms in total. The van der Waals surface area contributed by atoms with Gasteiger partial charge in [-0.1, -0.05) is 12.1 Å². The first-order valence-corrected chi connectivity index (χ1v) is 17.4. The Morgan fingerprint density at radius 1 is 1.09 bits per heavy atom. The number of amides is 2. The van der Waals surface area contributed by atoms with Crippen LogP contribution in [0.15, 0.2) is 36.4 Å². The number of ether oxygens (including phenoxy) is 1. The summed E-state index contributed by atoms with van der Waals surface area (Å²) in [4.78, 5) is 26.1. The highest BCUT2D eigenvalue weighted by Crippen LogP contribution is 2.49. The van der Waals surface area contributed by atoms with Gasteiger partial charge in [-0.2, -0.15) is 0 Å². The molecule has 254 valence electrons. The third kappa shape index (κ3) is 7.97. The molecular formula is C32H43F3N4O6S. The smallest absolute Gasteiger partial charge is 0.405 e. The SMILES string of the molecule is C[C@@H]1CC([C@H](c2ccc(F)cc2)[C@H](NC(=O)O)C(=O)Nc2ccc(F)c(F)c2CC[C@H]2CN[C@@H]3CCCS(O)(O)N2C3)C[C@H](C)O1. The second-order valence-electron chi connectivity index (χ2n) is 12.7. The molecule has 5 rings (SSSR count). The van der Waals surface area contributed by atoms with Crippen LogP contribution in [0.2, 0.25) is 0 Å². The van der Waals surface area contributed by atoms with Crippen LogP contribution in [0.4, 0.5) is 23.7 Å². The van der Waals surface area contributed by atoms with Crippen LogP contribution in [0.25, 0.3) is 0 Å². The largest absolute Gasteiger partial charge is 0.465 e. The highest BCUT2D eigenvalue weighted by Gasteiger charge is 2.41. The van der Waals surface area contributed by atoms with Gasteiger partial charge in [0.2, 0.25) is 5.91 Å². The number of rotatable bonds is 9. The molecule has 2 amide bonds. The number of nitrogens with zero attached hydrogens (tertiary/aromatic N) is 1. The maximum Gasteiger partial charge on any atom is 0.405 e. The summed E-state index contributed by atoms with van der Waals surface area (Å²) in [6.45, 7) is 4.65. The van der Waals surface area contributed by atoms with Crippen LogP contribution in [-0.2, 0) is 16.0 Å². The standard InChI is InChI=1S/C32H43F3N4O6S/c1-18-14-21(15-19(2)45-18)28(20-5-7-22(33)8-6-20)30(38-32(41)42)31(40)37-27-12-11-26(34)29(35)25(27)10-9-24-16-36-23-4-3-13-46(43,44)39(24)17-23/h5-8,11-12,18-19,21,23-24,28,30,36,38,43-44H,3-4,9-10,13-17H2,1-2H3,(H,37,40)(H,41,42)/t18-,19+,21?,23-,24+,28+,30+/m1/s1. The molecule has 0 spiro atoms. The molecule has 6 N–H and O–H groups in total. The number of fused-ring (bicyclic) bond motifs is 2. The summed E-state index contributed by atoms with van der Waals surface area (Å²) in [6, 6.07) is 6.05. The third-order valence-electron chi connectivity index (χ3n) is 9.39. The second kappa shape index (κ2) is 14.5. The lowest BCUT2D eigenvalue weighted by atomic mass is 9.74. The number of piperazine rings is 1. The zero-order valence-electron chi connectivity index (χ0n) is 25.9. The molecule has 3 aliphatic rings. The fourth-order valence-electron chi connectivity index (χ4n) is 7.37. The minimum atomic E-state index is -3.01. The molecule has 0 aliphatic carbocycles. The summed E-state index contributed by atoms with van der Waals surface area (Å²) in [5.74, 6) is -4.23. The molecule has 8 atom stereocenters. The van der Waals surface area contributed by atoms with E-state index in [0.29, 0.717) is 37.9 Å². The van der Waals surface area contributed by atoms with Crippen LogP contribution in [0.1, 0.15) is 63.0 Å². The number of carboxylic acid groups (broad SMARTS) is 1. The van der Waals surface area contributed by atoms with E-state index < -0.39 is 52.2 Å². The topological polar surface area (TPSA) is 143 Å². The van der Waals surface area contributed by atoms with Gasteiger partial charge in [0.25, 0.3) is 0 Å². The van der Waals surface area contributed by atoms with Crippen molar-refractivity contribution in [2.24, 2.45) is 5.92 Å². The van der Waals surface area contributed by atoms with E-state index in [1.807, 2.05) is 13.8 Å². The van der Waals surface area contributed by atoms with Crippen LogP contribution in [0, 0.1) is 23.4 Å². The van der Waals surface area contributed by atoms with E-state index in [2.05, 4.69) is 16.0 Å². The Labute approximate surface area is 268 Å². The van der Waals surface area contributed by atoms with Gasteiger partial charge in [0.1, 0.15) is 11.9 Å². The third-order valence-corrected chi connectivity index (χ3v) is 11.4. The van der Waals surface area contributed by atoms with E-state index in [4.69, 9.17) is 4.74 Å². The molecule has 14 heteroatoms. The number of carbonyl (C=O) groups is 2. The average Bonchev–Trinajstić information content (AvgIpc) is 3.10. The van der Waals surface area contributed by atoms with Gasteiger partial charge < -0.3 is 25.8 Å². The molecule has 2 aromatic rings. The van der Waals surface area contributed by atoms with Crippen molar-refractivity contribution >= 4 is 28.5 Å². The lowest BCUT2D eigenvalue weighted by molar-refractivity contribution is -0.120. The molecule has 46 heavy (non-hydrogen) atoms. The molecule has 3 aliphatic heterocycles. The van der Waals surface area contributed by atoms with Crippen LogP contribution in [-0.4, -0.2) is 79.7 Å². The van der Waals surface area contributed by atoms with Crippen molar-refractivity contribution in [2.75, 3.05) is 24.2 Å². The van der Waals surface area contributed by atoms with Crippen molar-refractivity contribution in [3.05, 3.63) is 65.0 Å². The van der Waals surface area contributed by atoms with Gasteiger partial charge in [-0.3, -0.25) is 13.9 Å². The van der Waals surface area contributed by atoms with Gasteiger partial charge in [-0.05, 0) is 88.1 Å². The molecule has 3 heterocycles. The minimum Gasteiger partial charge on any atom is -0.465 e. The second-order valence-corrected chi connectivity index (χ2v) is 14.9.